The van der Waals surface area contributed by atoms with E-state index in [4.69, 9.17) is 24.1 Å². The molecule has 0 heterocycles. The van der Waals surface area contributed by atoms with Crippen molar-refractivity contribution in [3.8, 4) is 11.5 Å². The van der Waals surface area contributed by atoms with E-state index in [2.05, 4.69) is 0 Å². The average Bonchev–Trinajstić information content (AvgIpc) is 2.81. The van der Waals surface area contributed by atoms with Crippen molar-refractivity contribution in [2.45, 2.75) is 19.3 Å². The Hall–Kier alpha value is -2.86. The monoisotopic (exact) mass is 408 g/mol. The summed E-state index contributed by atoms with van der Waals surface area (Å²) >= 11 is 0. The molecule has 0 amide bonds. The zero-order chi connectivity index (χ0) is 20.9. The van der Waals surface area contributed by atoms with E-state index >= 15 is 0 Å². The summed E-state index contributed by atoms with van der Waals surface area (Å²) in [5, 5.41) is 9.10. The van der Waals surface area contributed by atoms with Crippen molar-refractivity contribution in [3.05, 3.63) is 96.1 Å². The van der Waals surface area contributed by atoms with E-state index in [0.717, 1.165) is 11.1 Å². The van der Waals surface area contributed by atoms with Gasteiger partial charge in [-0.1, -0.05) is 72.8 Å². The summed E-state index contributed by atoms with van der Waals surface area (Å²) < 4.78 is 23.4. The second-order valence-corrected chi connectivity index (χ2v) is 6.75. The molecular weight excluding hydrogens is 380 g/mol. The highest BCUT2D eigenvalue weighted by molar-refractivity contribution is 5.39. The molecule has 1 atom stereocenters. The van der Waals surface area contributed by atoms with Crippen molar-refractivity contribution in [1.82, 2.24) is 0 Å². The Balaban J connectivity index is 1.52. The first-order chi connectivity index (χ1) is 14.8. The second-order valence-electron chi connectivity index (χ2n) is 6.75. The minimum Gasteiger partial charge on any atom is -0.487 e. The predicted octanol–water partition coefficient (Wildman–Crippen LogP) is 4.24. The largest absolute Gasteiger partial charge is 0.487 e. The lowest BCUT2D eigenvalue weighted by Crippen LogP contribution is -2.28. The summed E-state index contributed by atoms with van der Waals surface area (Å²) in [4.78, 5) is 0. The maximum Gasteiger partial charge on any atom is 0.161 e. The van der Waals surface area contributed by atoms with E-state index in [0.29, 0.717) is 37.9 Å². The molecule has 0 saturated carbocycles. The Morgan fingerprint density at radius 3 is 1.83 bits per heavy atom. The summed E-state index contributed by atoms with van der Waals surface area (Å²) in [6.45, 7) is 1.80. The molecule has 0 aliphatic heterocycles. The topological polar surface area (TPSA) is 57.2 Å². The van der Waals surface area contributed by atoms with Gasteiger partial charge in [-0.15, -0.1) is 0 Å². The lowest BCUT2D eigenvalue weighted by molar-refractivity contribution is -0.0505. The van der Waals surface area contributed by atoms with Crippen LogP contribution in [0.4, 0.5) is 0 Å². The molecule has 158 valence electrons. The first-order valence-corrected chi connectivity index (χ1v) is 10.1. The van der Waals surface area contributed by atoms with Crippen molar-refractivity contribution in [2.75, 3.05) is 26.4 Å². The highest BCUT2D eigenvalue weighted by Gasteiger charge is 2.13. The summed E-state index contributed by atoms with van der Waals surface area (Å²) in [6, 6.07) is 27.5. The van der Waals surface area contributed by atoms with Crippen molar-refractivity contribution in [3.63, 3.8) is 0 Å². The number of ether oxygens (including phenoxy) is 4. The highest BCUT2D eigenvalue weighted by Crippen LogP contribution is 2.27. The number of aliphatic hydroxyl groups is 1. The molecule has 0 saturated heterocycles. The van der Waals surface area contributed by atoms with Crippen LogP contribution in [-0.4, -0.2) is 37.6 Å². The molecule has 5 heteroatoms. The van der Waals surface area contributed by atoms with Gasteiger partial charge in [0.1, 0.15) is 19.3 Å². The fraction of sp³-hybridized carbons (Fsp3) is 0.280. The van der Waals surface area contributed by atoms with E-state index in [-0.39, 0.29) is 19.3 Å². The van der Waals surface area contributed by atoms with E-state index in [9.17, 15) is 0 Å². The van der Waals surface area contributed by atoms with Crippen LogP contribution >= 0.6 is 0 Å². The van der Waals surface area contributed by atoms with E-state index in [1.54, 1.807) is 0 Å². The third kappa shape index (κ3) is 7.52. The molecule has 3 aromatic carbocycles. The minimum atomic E-state index is -0.303. The molecule has 0 aliphatic rings. The molecule has 5 nitrogen and oxygen atoms in total. The van der Waals surface area contributed by atoms with E-state index in [1.165, 1.54) is 0 Å². The lowest BCUT2D eigenvalue weighted by atomic mass is 10.2. The van der Waals surface area contributed by atoms with Crippen molar-refractivity contribution in [1.29, 1.82) is 0 Å². The quantitative estimate of drug-likeness (QED) is 0.458. The fourth-order valence-electron chi connectivity index (χ4n) is 2.85. The van der Waals surface area contributed by atoms with Crippen LogP contribution in [0.25, 0.3) is 0 Å². The van der Waals surface area contributed by atoms with Gasteiger partial charge in [0.2, 0.25) is 0 Å². The molecule has 1 unspecified atom stereocenters. The van der Waals surface area contributed by atoms with Gasteiger partial charge in [0.25, 0.3) is 0 Å². The molecule has 0 spiro atoms. The third-order valence-electron chi connectivity index (χ3n) is 4.37. The molecule has 3 rings (SSSR count). The number of para-hydroxylation sites is 2. The van der Waals surface area contributed by atoms with Crippen LogP contribution in [0.1, 0.15) is 11.1 Å². The maximum absolute atomic E-state index is 9.10. The first kappa shape index (κ1) is 21.8. The van der Waals surface area contributed by atoms with Crippen molar-refractivity contribution >= 4 is 0 Å². The minimum absolute atomic E-state index is 0.0496. The van der Waals surface area contributed by atoms with Gasteiger partial charge in [0.15, 0.2) is 11.5 Å². The predicted molar refractivity (Wildman–Crippen MR) is 116 cm³/mol. The van der Waals surface area contributed by atoms with Crippen LogP contribution in [0, 0.1) is 0 Å². The third-order valence-corrected chi connectivity index (χ3v) is 4.37. The molecule has 1 N–H and O–H groups in total. The first-order valence-electron chi connectivity index (χ1n) is 10.1. The fourth-order valence-corrected chi connectivity index (χ4v) is 2.85. The summed E-state index contributed by atoms with van der Waals surface area (Å²) in [6.07, 6.45) is -0.303. The molecule has 0 aromatic heterocycles. The Labute approximate surface area is 177 Å². The van der Waals surface area contributed by atoms with Crippen LogP contribution in [0.3, 0.4) is 0 Å². The Morgan fingerprint density at radius 2 is 1.20 bits per heavy atom. The van der Waals surface area contributed by atoms with Gasteiger partial charge in [-0.05, 0) is 23.3 Å². The SMILES string of the molecule is OCCOC(COCc1ccccc1)COc1ccccc1OCc1ccccc1. The molecule has 0 aliphatic carbocycles. The van der Waals surface area contributed by atoms with Gasteiger partial charge in [-0.2, -0.15) is 0 Å². The Bertz CT molecular complexity index is 838. The highest BCUT2D eigenvalue weighted by atomic mass is 16.6. The van der Waals surface area contributed by atoms with Crippen LogP contribution < -0.4 is 9.47 Å². The van der Waals surface area contributed by atoms with Gasteiger partial charge in [0.05, 0.1) is 26.4 Å². The average molecular weight is 408 g/mol. The number of benzene rings is 3. The van der Waals surface area contributed by atoms with Crippen LogP contribution in [-0.2, 0) is 22.7 Å². The zero-order valence-electron chi connectivity index (χ0n) is 17.0. The number of hydrogen-bond acceptors (Lipinski definition) is 5. The zero-order valence-corrected chi connectivity index (χ0v) is 17.0. The van der Waals surface area contributed by atoms with Crippen molar-refractivity contribution in [2.24, 2.45) is 0 Å². The smallest absolute Gasteiger partial charge is 0.161 e. The van der Waals surface area contributed by atoms with Crippen LogP contribution in [0.2, 0.25) is 0 Å². The Kier molecular flexibility index (Phi) is 9.21. The van der Waals surface area contributed by atoms with Crippen LogP contribution in [0.15, 0.2) is 84.9 Å². The number of aliphatic hydroxyl groups excluding tert-OH is 1. The van der Waals surface area contributed by atoms with Gasteiger partial charge in [-0.25, -0.2) is 0 Å². The summed E-state index contributed by atoms with van der Waals surface area (Å²) in [5.41, 5.74) is 2.18. The number of hydrogen-bond donors (Lipinski definition) is 1. The standard InChI is InChI=1S/C25H28O5/c26-15-16-28-23(19-27-17-21-9-3-1-4-10-21)20-30-25-14-8-7-13-24(25)29-18-22-11-5-2-6-12-22/h1-14,23,26H,15-20H2. The van der Waals surface area contributed by atoms with Gasteiger partial charge in [0, 0.05) is 0 Å². The second kappa shape index (κ2) is 12.6. The van der Waals surface area contributed by atoms with Crippen LogP contribution in [0.5, 0.6) is 11.5 Å². The molecule has 30 heavy (non-hydrogen) atoms. The van der Waals surface area contributed by atoms with Crippen molar-refractivity contribution < 1.29 is 24.1 Å². The normalized spacial score (nSPS) is 11.8. The van der Waals surface area contributed by atoms with Gasteiger partial charge >= 0.3 is 0 Å². The lowest BCUT2D eigenvalue weighted by Gasteiger charge is -2.19. The molecular formula is C25H28O5. The Morgan fingerprint density at radius 1 is 0.633 bits per heavy atom. The van der Waals surface area contributed by atoms with Gasteiger partial charge < -0.3 is 24.1 Å². The number of rotatable bonds is 13. The molecule has 0 radical (unpaired) electrons. The molecule has 3 aromatic rings. The molecule has 0 fully saturated rings. The van der Waals surface area contributed by atoms with E-state index in [1.807, 2.05) is 84.9 Å². The summed E-state index contributed by atoms with van der Waals surface area (Å²) in [5.74, 6) is 1.32. The summed E-state index contributed by atoms with van der Waals surface area (Å²) in [7, 11) is 0. The molecule has 0 bridgehead atoms. The van der Waals surface area contributed by atoms with Gasteiger partial charge in [-0.3, -0.25) is 0 Å². The van der Waals surface area contributed by atoms with E-state index < -0.39 is 0 Å². The maximum atomic E-state index is 9.10.